The third-order valence-electron chi connectivity index (χ3n) is 6.12. The second-order valence-electron chi connectivity index (χ2n) is 8.47. The molecule has 7 nitrogen and oxygen atoms in total. The summed E-state index contributed by atoms with van der Waals surface area (Å²) in [7, 11) is 1.55. The van der Waals surface area contributed by atoms with Crippen LogP contribution in [0.1, 0.15) is 35.2 Å². The molecule has 3 aromatic rings. The van der Waals surface area contributed by atoms with Crippen molar-refractivity contribution in [3.8, 4) is 5.75 Å². The molecule has 1 atom stereocenters. The average molecular weight is 471 g/mol. The summed E-state index contributed by atoms with van der Waals surface area (Å²) in [4.78, 5) is 39.3. The van der Waals surface area contributed by atoms with Crippen molar-refractivity contribution in [1.29, 1.82) is 0 Å². The summed E-state index contributed by atoms with van der Waals surface area (Å²) in [6, 6.07) is 18.2. The number of aliphatic hydroxyl groups is 1. The zero-order valence-corrected chi connectivity index (χ0v) is 20.0. The van der Waals surface area contributed by atoms with E-state index in [1.165, 1.54) is 11.8 Å². The Morgan fingerprint density at radius 1 is 0.943 bits per heavy atom. The van der Waals surface area contributed by atoms with Gasteiger partial charge >= 0.3 is 0 Å². The Bertz CT molecular complexity index is 1340. The van der Waals surface area contributed by atoms with Gasteiger partial charge in [-0.15, -0.1) is 0 Å². The molecule has 1 saturated heterocycles. The van der Waals surface area contributed by atoms with Gasteiger partial charge in [0.15, 0.2) is 0 Å². The summed E-state index contributed by atoms with van der Waals surface area (Å²) in [6.07, 6.45) is 0. The van der Waals surface area contributed by atoms with Crippen molar-refractivity contribution in [2.75, 3.05) is 17.3 Å². The Morgan fingerprint density at radius 2 is 1.60 bits per heavy atom. The van der Waals surface area contributed by atoms with E-state index < -0.39 is 17.7 Å². The smallest absolute Gasteiger partial charge is 0.300 e. The van der Waals surface area contributed by atoms with Gasteiger partial charge in [-0.25, -0.2) is 0 Å². The number of nitrogens with zero attached hydrogens (tertiary/aromatic N) is 1. The van der Waals surface area contributed by atoms with Crippen molar-refractivity contribution in [3.63, 3.8) is 0 Å². The van der Waals surface area contributed by atoms with E-state index in [9.17, 15) is 19.5 Å². The lowest BCUT2D eigenvalue weighted by Crippen LogP contribution is -2.29. The molecule has 1 unspecified atom stereocenters. The summed E-state index contributed by atoms with van der Waals surface area (Å²) in [5, 5.41) is 14.0. The number of hydrogen-bond donors (Lipinski definition) is 2. The number of hydrogen-bond acceptors (Lipinski definition) is 5. The van der Waals surface area contributed by atoms with Crippen LogP contribution in [-0.2, 0) is 14.4 Å². The van der Waals surface area contributed by atoms with E-state index >= 15 is 0 Å². The molecule has 0 aromatic heterocycles. The lowest BCUT2D eigenvalue weighted by molar-refractivity contribution is -0.132. The number of aryl methyl sites for hydroxylation is 2. The van der Waals surface area contributed by atoms with E-state index in [0.29, 0.717) is 28.3 Å². The van der Waals surface area contributed by atoms with Crippen molar-refractivity contribution in [2.45, 2.75) is 26.8 Å². The molecule has 1 fully saturated rings. The molecule has 7 heteroatoms. The van der Waals surface area contributed by atoms with Gasteiger partial charge in [-0.2, -0.15) is 0 Å². The average Bonchev–Trinajstić information content (AvgIpc) is 3.11. The number of anilines is 2. The lowest BCUT2D eigenvalue weighted by atomic mass is 9.94. The standard InChI is InChI=1S/C28H26N2O5/c1-16-5-6-20(15-17(16)2)26(32)24-25(19-7-13-23(35-4)14-8-19)30(28(34)27(24)33)22-11-9-21(10-12-22)29-18(3)31/h5-15,25,32H,1-4H3,(H,29,31)/b26-24-. The van der Waals surface area contributed by atoms with Gasteiger partial charge in [-0.1, -0.05) is 24.3 Å². The van der Waals surface area contributed by atoms with Crippen molar-refractivity contribution in [2.24, 2.45) is 0 Å². The number of ketones is 1. The summed E-state index contributed by atoms with van der Waals surface area (Å²) in [6.45, 7) is 5.28. The Morgan fingerprint density at radius 3 is 2.17 bits per heavy atom. The molecule has 178 valence electrons. The molecule has 1 aliphatic rings. The fourth-order valence-corrected chi connectivity index (χ4v) is 4.15. The maximum Gasteiger partial charge on any atom is 0.300 e. The minimum Gasteiger partial charge on any atom is -0.507 e. The number of carbonyl (C=O) groups is 3. The van der Waals surface area contributed by atoms with E-state index in [2.05, 4.69) is 5.32 Å². The molecular formula is C28H26N2O5. The molecule has 1 heterocycles. The number of nitrogens with one attached hydrogen (secondary N) is 1. The van der Waals surface area contributed by atoms with Crippen molar-refractivity contribution < 1.29 is 24.2 Å². The number of benzene rings is 3. The van der Waals surface area contributed by atoms with Gasteiger partial charge in [0.2, 0.25) is 5.91 Å². The van der Waals surface area contributed by atoms with Gasteiger partial charge < -0.3 is 15.2 Å². The van der Waals surface area contributed by atoms with Gasteiger partial charge in [-0.05, 0) is 73.0 Å². The summed E-state index contributed by atoms with van der Waals surface area (Å²) in [5.41, 5.74) is 4.14. The summed E-state index contributed by atoms with van der Waals surface area (Å²) < 4.78 is 5.25. The van der Waals surface area contributed by atoms with Crippen LogP contribution in [0.3, 0.4) is 0 Å². The first kappa shape index (κ1) is 23.8. The van der Waals surface area contributed by atoms with Gasteiger partial charge in [-0.3, -0.25) is 19.3 Å². The number of ether oxygens (including phenoxy) is 1. The van der Waals surface area contributed by atoms with Gasteiger partial charge in [0.05, 0.1) is 18.7 Å². The highest BCUT2D eigenvalue weighted by Crippen LogP contribution is 2.42. The zero-order valence-electron chi connectivity index (χ0n) is 20.0. The van der Waals surface area contributed by atoms with Crippen LogP contribution in [0.2, 0.25) is 0 Å². The number of Topliss-reactive ketones (excluding diaryl/α,β-unsaturated/α-hetero) is 1. The zero-order chi connectivity index (χ0) is 25.3. The van der Waals surface area contributed by atoms with Crippen molar-refractivity contribution >= 4 is 34.7 Å². The maximum atomic E-state index is 13.3. The Hall–Kier alpha value is -4.39. The van der Waals surface area contributed by atoms with Gasteiger partial charge in [0.25, 0.3) is 11.7 Å². The molecule has 35 heavy (non-hydrogen) atoms. The van der Waals surface area contributed by atoms with Crippen molar-refractivity contribution in [1.82, 2.24) is 0 Å². The third-order valence-corrected chi connectivity index (χ3v) is 6.12. The van der Waals surface area contributed by atoms with E-state index in [-0.39, 0.29) is 17.2 Å². The van der Waals surface area contributed by atoms with Crippen LogP contribution in [0.5, 0.6) is 5.75 Å². The predicted molar refractivity (Wildman–Crippen MR) is 134 cm³/mol. The van der Waals surface area contributed by atoms with Crippen LogP contribution in [0.4, 0.5) is 11.4 Å². The summed E-state index contributed by atoms with van der Waals surface area (Å²) in [5.74, 6) is -1.34. The topological polar surface area (TPSA) is 95.9 Å². The van der Waals surface area contributed by atoms with E-state index in [0.717, 1.165) is 11.1 Å². The first-order chi connectivity index (χ1) is 16.7. The Labute approximate surface area is 203 Å². The molecular weight excluding hydrogens is 444 g/mol. The molecule has 0 radical (unpaired) electrons. The molecule has 0 spiro atoms. The van der Waals surface area contributed by atoms with Crippen LogP contribution in [0, 0.1) is 13.8 Å². The quantitative estimate of drug-likeness (QED) is 0.314. The highest BCUT2D eigenvalue weighted by atomic mass is 16.5. The summed E-state index contributed by atoms with van der Waals surface area (Å²) >= 11 is 0. The van der Waals surface area contributed by atoms with Crippen LogP contribution >= 0.6 is 0 Å². The first-order valence-corrected chi connectivity index (χ1v) is 11.1. The second kappa shape index (κ2) is 9.46. The minimum absolute atomic E-state index is 0.00866. The lowest BCUT2D eigenvalue weighted by Gasteiger charge is -2.26. The fraction of sp³-hybridized carbons (Fsp3) is 0.179. The molecule has 1 aliphatic heterocycles. The van der Waals surface area contributed by atoms with Crippen LogP contribution in [-0.4, -0.2) is 29.8 Å². The number of methoxy groups -OCH3 is 1. The first-order valence-electron chi connectivity index (χ1n) is 11.1. The number of rotatable bonds is 5. The Kier molecular flexibility index (Phi) is 6.42. The maximum absolute atomic E-state index is 13.3. The molecule has 2 amide bonds. The normalized spacial score (nSPS) is 16.9. The molecule has 4 rings (SSSR count). The van der Waals surface area contributed by atoms with E-state index in [4.69, 9.17) is 4.74 Å². The highest BCUT2D eigenvalue weighted by Gasteiger charge is 2.47. The van der Waals surface area contributed by atoms with Crippen molar-refractivity contribution in [3.05, 3.63) is 94.6 Å². The van der Waals surface area contributed by atoms with Crippen LogP contribution in [0.15, 0.2) is 72.3 Å². The SMILES string of the molecule is COc1ccc(C2/C(=C(/O)c3ccc(C)c(C)c3)C(=O)C(=O)N2c2ccc(NC(C)=O)cc2)cc1. The number of amides is 2. The third kappa shape index (κ3) is 4.53. The predicted octanol–water partition coefficient (Wildman–Crippen LogP) is 4.90. The van der Waals surface area contributed by atoms with Gasteiger partial charge in [0.1, 0.15) is 11.5 Å². The van der Waals surface area contributed by atoms with E-state index in [1.807, 2.05) is 19.9 Å². The molecule has 2 N–H and O–H groups in total. The molecule has 0 saturated carbocycles. The van der Waals surface area contributed by atoms with Crippen LogP contribution in [0.25, 0.3) is 5.76 Å². The minimum atomic E-state index is -0.853. The van der Waals surface area contributed by atoms with Gasteiger partial charge in [0, 0.05) is 23.9 Å². The largest absolute Gasteiger partial charge is 0.507 e. The molecule has 0 aliphatic carbocycles. The Balaban J connectivity index is 1.88. The fourth-order valence-electron chi connectivity index (χ4n) is 4.15. The highest BCUT2D eigenvalue weighted by molar-refractivity contribution is 6.51. The second-order valence-corrected chi connectivity index (χ2v) is 8.47. The number of carbonyl (C=O) groups excluding carboxylic acids is 3. The number of aliphatic hydroxyl groups excluding tert-OH is 1. The van der Waals surface area contributed by atoms with Crippen LogP contribution < -0.4 is 15.0 Å². The molecule has 0 bridgehead atoms. The van der Waals surface area contributed by atoms with E-state index in [1.54, 1.807) is 67.8 Å². The molecule has 3 aromatic carbocycles. The monoisotopic (exact) mass is 470 g/mol.